The molecule has 0 aromatic heterocycles. The molecule has 0 aliphatic heterocycles. The molecule has 1 rings (SSSR count). The number of allylic oxidation sites excluding steroid dienone is 2. The minimum atomic E-state index is 0.421. The summed E-state index contributed by atoms with van der Waals surface area (Å²) in [6.45, 7) is 25.8. The molecule has 146 valence electrons. The van der Waals surface area contributed by atoms with Crippen LogP contribution in [0.2, 0.25) is 0 Å². The van der Waals surface area contributed by atoms with E-state index in [0.29, 0.717) is 5.41 Å². The largest absolute Gasteiger partial charge is 0.388 e. The molecule has 1 N–H and O–H groups in total. The number of hydrogen-bond acceptors (Lipinski definition) is 1. The minimum Gasteiger partial charge on any atom is -0.388 e. The fourth-order valence-electron chi connectivity index (χ4n) is 2.96. The summed E-state index contributed by atoms with van der Waals surface area (Å²) in [7, 11) is 0. The van der Waals surface area contributed by atoms with E-state index in [9.17, 15) is 0 Å². The fourth-order valence-corrected chi connectivity index (χ4v) is 2.96. The molecule has 0 radical (unpaired) electrons. The molecule has 1 fully saturated rings. The van der Waals surface area contributed by atoms with Gasteiger partial charge in [0.25, 0.3) is 0 Å². The quantitative estimate of drug-likeness (QED) is 0.461. The molecule has 24 heavy (non-hydrogen) atoms. The van der Waals surface area contributed by atoms with Gasteiger partial charge in [0.2, 0.25) is 0 Å². The molecule has 0 amide bonds. The molecule has 1 aliphatic rings. The van der Waals surface area contributed by atoms with Crippen LogP contribution in [0, 0.1) is 11.3 Å². The van der Waals surface area contributed by atoms with Gasteiger partial charge in [0.05, 0.1) is 0 Å². The average Bonchev–Trinajstić information content (AvgIpc) is 3.05. The van der Waals surface area contributed by atoms with Crippen LogP contribution in [0.4, 0.5) is 0 Å². The SMILES string of the molecule is C=C(NCCC)C1(CC(C)CC)CCCC1.C=CC.CC.CCC. The maximum Gasteiger partial charge on any atom is 0.0141 e. The fraction of sp³-hybridized carbons (Fsp3) is 0.826. The average molecular weight is 340 g/mol. The summed E-state index contributed by atoms with van der Waals surface area (Å²) in [6, 6.07) is 0. The van der Waals surface area contributed by atoms with Crippen LogP contribution >= 0.6 is 0 Å². The van der Waals surface area contributed by atoms with Gasteiger partial charge in [0.1, 0.15) is 0 Å². The Labute approximate surface area is 155 Å². The van der Waals surface area contributed by atoms with Crippen molar-refractivity contribution in [3.63, 3.8) is 0 Å². The highest BCUT2D eigenvalue weighted by Crippen LogP contribution is 2.47. The van der Waals surface area contributed by atoms with Gasteiger partial charge in [0, 0.05) is 17.7 Å². The topological polar surface area (TPSA) is 12.0 Å². The molecule has 1 unspecified atom stereocenters. The summed E-state index contributed by atoms with van der Waals surface area (Å²) >= 11 is 0. The minimum absolute atomic E-state index is 0.421. The van der Waals surface area contributed by atoms with Gasteiger partial charge in [0.15, 0.2) is 0 Å². The van der Waals surface area contributed by atoms with Gasteiger partial charge >= 0.3 is 0 Å². The Morgan fingerprint density at radius 1 is 1.12 bits per heavy atom. The lowest BCUT2D eigenvalue weighted by molar-refractivity contribution is 0.261. The van der Waals surface area contributed by atoms with E-state index in [1.165, 1.54) is 57.1 Å². The van der Waals surface area contributed by atoms with Crippen molar-refractivity contribution in [3.8, 4) is 0 Å². The van der Waals surface area contributed by atoms with E-state index in [4.69, 9.17) is 0 Å². The van der Waals surface area contributed by atoms with Crippen molar-refractivity contribution in [1.29, 1.82) is 0 Å². The zero-order chi connectivity index (χ0) is 19.4. The van der Waals surface area contributed by atoms with Gasteiger partial charge in [-0.05, 0) is 38.5 Å². The summed E-state index contributed by atoms with van der Waals surface area (Å²) < 4.78 is 0. The second-order valence-electron chi connectivity index (χ2n) is 6.73. The monoisotopic (exact) mass is 339 g/mol. The van der Waals surface area contributed by atoms with Crippen LogP contribution in [0.3, 0.4) is 0 Å². The molecule has 1 nitrogen and oxygen atoms in total. The van der Waals surface area contributed by atoms with Crippen molar-refractivity contribution in [2.45, 2.75) is 107 Å². The Balaban J connectivity index is -0.000000470. The lowest BCUT2D eigenvalue weighted by atomic mass is 9.75. The second-order valence-corrected chi connectivity index (χ2v) is 6.73. The maximum atomic E-state index is 4.32. The zero-order valence-electron chi connectivity index (χ0n) is 18.4. The normalized spacial score (nSPS) is 15.3. The van der Waals surface area contributed by atoms with Gasteiger partial charge < -0.3 is 5.32 Å². The Hall–Kier alpha value is -0.720. The highest BCUT2D eigenvalue weighted by molar-refractivity contribution is 5.11. The van der Waals surface area contributed by atoms with E-state index in [1.807, 2.05) is 20.8 Å². The predicted octanol–water partition coefficient (Wildman–Crippen LogP) is 8.13. The summed E-state index contributed by atoms with van der Waals surface area (Å²) in [5.41, 5.74) is 1.75. The summed E-state index contributed by atoms with van der Waals surface area (Å²) in [4.78, 5) is 0. The number of rotatable bonds is 7. The Kier molecular flexibility index (Phi) is 23.8. The highest BCUT2D eigenvalue weighted by atomic mass is 14.9. The lowest BCUT2D eigenvalue weighted by Crippen LogP contribution is -2.31. The van der Waals surface area contributed by atoms with E-state index in [2.05, 4.69) is 53.1 Å². The van der Waals surface area contributed by atoms with Gasteiger partial charge in [-0.1, -0.05) is 86.8 Å². The van der Waals surface area contributed by atoms with Crippen LogP contribution in [0.5, 0.6) is 0 Å². The van der Waals surface area contributed by atoms with Crippen molar-refractivity contribution in [3.05, 3.63) is 24.9 Å². The van der Waals surface area contributed by atoms with E-state index in [1.54, 1.807) is 6.08 Å². The third-order valence-corrected chi connectivity index (χ3v) is 4.23. The van der Waals surface area contributed by atoms with Crippen molar-refractivity contribution >= 4 is 0 Å². The molecule has 1 saturated carbocycles. The first-order valence-corrected chi connectivity index (χ1v) is 10.5. The van der Waals surface area contributed by atoms with Crippen LogP contribution in [0.1, 0.15) is 107 Å². The first-order chi connectivity index (χ1) is 11.5. The van der Waals surface area contributed by atoms with Crippen LogP contribution < -0.4 is 5.32 Å². The van der Waals surface area contributed by atoms with Gasteiger partial charge in [-0.25, -0.2) is 0 Å². The molecule has 0 aromatic rings. The molecule has 0 spiro atoms. The third kappa shape index (κ3) is 13.7. The lowest BCUT2D eigenvalue weighted by Gasteiger charge is -2.34. The molecule has 1 heteroatoms. The van der Waals surface area contributed by atoms with Crippen molar-refractivity contribution in [1.82, 2.24) is 5.32 Å². The smallest absolute Gasteiger partial charge is 0.0141 e. The Morgan fingerprint density at radius 2 is 1.54 bits per heavy atom. The number of nitrogens with one attached hydrogen (secondary N) is 1. The summed E-state index contributed by atoms with van der Waals surface area (Å²) in [6.07, 6.45) is 12.3. The molecule has 1 atom stereocenters. The van der Waals surface area contributed by atoms with Crippen LogP contribution in [0.15, 0.2) is 24.9 Å². The van der Waals surface area contributed by atoms with E-state index >= 15 is 0 Å². The molecule has 1 aliphatic carbocycles. The summed E-state index contributed by atoms with van der Waals surface area (Å²) in [5.74, 6) is 0.832. The predicted molar refractivity (Wildman–Crippen MR) is 116 cm³/mol. The maximum absolute atomic E-state index is 4.32. The molecule has 0 aromatic carbocycles. The molecule has 0 heterocycles. The van der Waals surface area contributed by atoms with Gasteiger partial charge in [-0.3, -0.25) is 0 Å². The first-order valence-electron chi connectivity index (χ1n) is 10.5. The second kappa shape index (κ2) is 20.3. The van der Waals surface area contributed by atoms with E-state index < -0.39 is 0 Å². The zero-order valence-corrected chi connectivity index (χ0v) is 18.4. The van der Waals surface area contributed by atoms with Crippen molar-refractivity contribution in [2.24, 2.45) is 11.3 Å². The standard InChI is InChI=1S/C15H29N.C3H8.C3H6.C2H6/c1-5-11-16-14(4)15(9-7-8-10-15)12-13(3)6-2;2*1-3-2;1-2/h13,16H,4-12H2,1-3H3;3H2,1-2H3;3H,1H2,2H3;1-2H3. The first kappa shape index (κ1) is 28.1. The molecular weight excluding hydrogens is 290 g/mol. The van der Waals surface area contributed by atoms with E-state index in [-0.39, 0.29) is 0 Å². The van der Waals surface area contributed by atoms with E-state index in [0.717, 1.165) is 12.5 Å². The van der Waals surface area contributed by atoms with Crippen LogP contribution in [0.25, 0.3) is 0 Å². The number of hydrogen-bond donors (Lipinski definition) is 1. The highest BCUT2D eigenvalue weighted by Gasteiger charge is 2.37. The van der Waals surface area contributed by atoms with Crippen LogP contribution in [-0.4, -0.2) is 6.54 Å². The molecule has 0 saturated heterocycles. The summed E-state index contributed by atoms with van der Waals surface area (Å²) in [5, 5.41) is 3.55. The Bertz CT molecular complexity index is 261. The Morgan fingerprint density at radius 3 is 1.88 bits per heavy atom. The van der Waals surface area contributed by atoms with Crippen molar-refractivity contribution < 1.29 is 0 Å². The third-order valence-electron chi connectivity index (χ3n) is 4.23. The molecule has 0 bridgehead atoms. The van der Waals surface area contributed by atoms with Gasteiger partial charge in [-0.2, -0.15) is 0 Å². The molecular formula is C23H49N. The van der Waals surface area contributed by atoms with Crippen molar-refractivity contribution in [2.75, 3.05) is 6.54 Å². The van der Waals surface area contributed by atoms with Gasteiger partial charge in [-0.15, -0.1) is 6.58 Å². The van der Waals surface area contributed by atoms with Crippen LogP contribution in [-0.2, 0) is 0 Å².